The van der Waals surface area contributed by atoms with E-state index in [1.165, 1.54) is 16.7 Å². The van der Waals surface area contributed by atoms with Gasteiger partial charge in [-0.15, -0.1) is 0 Å². The highest BCUT2D eigenvalue weighted by atomic mass is 16.6. The van der Waals surface area contributed by atoms with Crippen molar-refractivity contribution < 1.29 is 38.7 Å². The fraction of sp³-hybridized carbons (Fsp3) is 0.435. The SMILES string of the molecule is Cc1cc(OCC(=O)OC(C)CN)cc(C)c1Cc1ccc(O)c(C(C)C)c1.Cc1cc(OCC(=O)OC2CNC2)cc(C)c1Cc1ccc(O)c(C(C)C)c1. The summed E-state index contributed by atoms with van der Waals surface area (Å²) < 4.78 is 21.6. The second-order valence-corrected chi connectivity index (χ2v) is 15.4. The van der Waals surface area contributed by atoms with E-state index in [0.29, 0.717) is 36.1 Å². The lowest BCUT2D eigenvalue weighted by Gasteiger charge is -2.26. The van der Waals surface area contributed by atoms with E-state index in [1.807, 2.05) is 50.2 Å². The van der Waals surface area contributed by atoms with E-state index in [9.17, 15) is 19.8 Å². The van der Waals surface area contributed by atoms with Crippen LogP contribution in [0.1, 0.15) is 102 Å². The Balaban J connectivity index is 0.000000249. The van der Waals surface area contributed by atoms with Crippen LogP contribution in [0.5, 0.6) is 23.0 Å². The first kappa shape index (κ1) is 43.7. The van der Waals surface area contributed by atoms with Crippen LogP contribution in [0.4, 0.5) is 0 Å². The Morgan fingerprint density at radius 1 is 0.679 bits per heavy atom. The molecular formula is C46H60N2O8. The summed E-state index contributed by atoms with van der Waals surface area (Å²) >= 11 is 0. The molecule has 0 spiro atoms. The number of benzene rings is 4. The third kappa shape index (κ3) is 12.5. The molecule has 1 saturated heterocycles. The number of phenols is 2. The van der Waals surface area contributed by atoms with Crippen molar-refractivity contribution >= 4 is 11.9 Å². The number of aryl methyl sites for hydroxylation is 4. The number of nitrogens with one attached hydrogen (secondary N) is 1. The van der Waals surface area contributed by atoms with Gasteiger partial charge in [0.15, 0.2) is 13.2 Å². The van der Waals surface area contributed by atoms with Crippen molar-refractivity contribution in [2.24, 2.45) is 5.73 Å². The number of ether oxygens (including phenoxy) is 4. The van der Waals surface area contributed by atoms with Gasteiger partial charge in [0, 0.05) is 19.6 Å². The van der Waals surface area contributed by atoms with Gasteiger partial charge < -0.3 is 40.2 Å². The van der Waals surface area contributed by atoms with Gasteiger partial charge in [0.1, 0.15) is 35.2 Å². The Hall–Kier alpha value is -5.06. The third-order valence-corrected chi connectivity index (χ3v) is 9.95. The van der Waals surface area contributed by atoms with Gasteiger partial charge in [0.05, 0.1) is 0 Å². The number of carbonyl (C=O) groups excluding carboxylic acids is 2. The van der Waals surface area contributed by atoms with E-state index in [1.54, 1.807) is 19.1 Å². The molecule has 1 fully saturated rings. The van der Waals surface area contributed by atoms with Crippen LogP contribution in [-0.2, 0) is 31.9 Å². The molecule has 0 aliphatic carbocycles. The molecule has 0 saturated carbocycles. The number of rotatable bonds is 15. The van der Waals surface area contributed by atoms with Gasteiger partial charge in [-0.3, -0.25) is 0 Å². The Morgan fingerprint density at radius 3 is 1.45 bits per heavy atom. The number of nitrogens with two attached hydrogens (primary N) is 1. The first-order valence-corrected chi connectivity index (χ1v) is 19.4. The van der Waals surface area contributed by atoms with Crippen LogP contribution in [0, 0.1) is 27.7 Å². The molecule has 1 atom stereocenters. The Kier molecular flexibility index (Phi) is 15.8. The molecule has 1 unspecified atom stereocenters. The standard InChI is InChI=1S/C23H29NO4.C23H31NO4/c1-14(2)20-9-17(5-6-22(20)25)10-21-15(3)7-18(8-16(21)4)27-13-23(26)28-19-11-24-12-19;1-14(2)20-10-18(6-7-22(20)25)11-21-15(3)8-19(9-16(21)4)27-13-23(26)28-17(5)12-24/h5-9,14,19,24-25H,10-13H2,1-4H3;6-10,14,17,25H,11-13,24H2,1-5H3. The zero-order valence-electron chi connectivity index (χ0n) is 34.5. The van der Waals surface area contributed by atoms with E-state index in [0.717, 1.165) is 51.8 Å². The topological polar surface area (TPSA) is 150 Å². The summed E-state index contributed by atoms with van der Waals surface area (Å²) in [7, 11) is 0. The molecule has 5 rings (SSSR count). The minimum atomic E-state index is -0.428. The molecule has 0 bridgehead atoms. The number of hydrogen-bond acceptors (Lipinski definition) is 10. The number of carbonyl (C=O) groups is 2. The Bertz CT molecular complexity index is 1790. The summed E-state index contributed by atoms with van der Waals surface area (Å²) in [4.78, 5) is 23.6. The van der Waals surface area contributed by atoms with Crippen LogP contribution in [0.25, 0.3) is 0 Å². The number of phenolic OH excluding ortho intramolecular Hbond substituents is 2. The van der Waals surface area contributed by atoms with Crippen LogP contribution in [0.3, 0.4) is 0 Å². The lowest BCUT2D eigenvalue weighted by molar-refractivity contribution is -0.153. The zero-order valence-corrected chi connectivity index (χ0v) is 34.5. The van der Waals surface area contributed by atoms with E-state index in [-0.39, 0.29) is 49.8 Å². The van der Waals surface area contributed by atoms with Crippen LogP contribution >= 0.6 is 0 Å². The van der Waals surface area contributed by atoms with Crippen molar-refractivity contribution in [2.75, 3.05) is 32.8 Å². The third-order valence-electron chi connectivity index (χ3n) is 9.95. The highest BCUT2D eigenvalue weighted by Crippen LogP contribution is 2.31. The molecule has 4 aromatic carbocycles. The van der Waals surface area contributed by atoms with Crippen LogP contribution in [0.15, 0.2) is 60.7 Å². The minimum Gasteiger partial charge on any atom is -0.508 e. The first-order chi connectivity index (χ1) is 26.5. The van der Waals surface area contributed by atoms with Gasteiger partial charge in [-0.2, -0.15) is 0 Å². The molecular weight excluding hydrogens is 709 g/mol. The molecule has 4 aromatic rings. The molecule has 1 heterocycles. The molecule has 0 aromatic heterocycles. The summed E-state index contributed by atoms with van der Waals surface area (Å²) in [6, 6.07) is 19.4. The van der Waals surface area contributed by atoms with Crippen LogP contribution in [0.2, 0.25) is 0 Å². The lowest BCUT2D eigenvalue weighted by atomic mass is 9.93. The highest BCUT2D eigenvalue weighted by molar-refractivity contribution is 5.72. The van der Waals surface area contributed by atoms with Gasteiger partial charge in [0.2, 0.25) is 0 Å². The average molecular weight is 769 g/mol. The summed E-state index contributed by atoms with van der Waals surface area (Å²) in [5.74, 6) is 1.78. The molecule has 10 heteroatoms. The maximum Gasteiger partial charge on any atom is 0.344 e. The number of aromatic hydroxyl groups is 2. The van der Waals surface area contributed by atoms with Gasteiger partial charge in [-0.25, -0.2) is 9.59 Å². The minimum absolute atomic E-state index is 0.0250. The molecule has 302 valence electrons. The smallest absolute Gasteiger partial charge is 0.344 e. The van der Waals surface area contributed by atoms with Crippen LogP contribution < -0.4 is 20.5 Å². The molecule has 0 amide bonds. The molecule has 1 aliphatic heterocycles. The maximum atomic E-state index is 11.8. The first-order valence-electron chi connectivity index (χ1n) is 19.4. The van der Waals surface area contributed by atoms with E-state index in [2.05, 4.69) is 59.0 Å². The van der Waals surface area contributed by atoms with Crippen molar-refractivity contribution in [1.82, 2.24) is 5.32 Å². The quantitative estimate of drug-likeness (QED) is 0.0891. The summed E-state index contributed by atoms with van der Waals surface area (Å²) in [6.45, 7) is 19.7. The van der Waals surface area contributed by atoms with Crippen molar-refractivity contribution in [1.29, 1.82) is 0 Å². The second-order valence-electron chi connectivity index (χ2n) is 15.4. The van der Waals surface area contributed by atoms with Gasteiger partial charge in [-0.05, 0) is 151 Å². The normalized spacial score (nSPS) is 13.1. The molecule has 1 aliphatic rings. The number of hydrogen-bond donors (Lipinski definition) is 4. The Morgan fingerprint density at radius 2 is 1.09 bits per heavy atom. The summed E-state index contributed by atoms with van der Waals surface area (Å²) in [5, 5.41) is 23.1. The van der Waals surface area contributed by atoms with E-state index >= 15 is 0 Å². The van der Waals surface area contributed by atoms with Crippen molar-refractivity contribution in [2.45, 2.75) is 99.2 Å². The van der Waals surface area contributed by atoms with Crippen molar-refractivity contribution in [3.63, 3.8) is 0 Å². The highest BCUT2D eigenvalue weighted by Gasteiger charge is 2.21. The monoisotopic (exact) mass is 768 g/mol. The fourth-order valence-electron chi connectivity index (χ4n) is 6.55. The largest absolute Gasteiger partial charge is 0.508 e. The van der Waals surface area contributed by atoms with Crippen molar-refractivity contribution in [3.8, 4) is 23.0 Å². The Labute approximate surface area is 332 Å². The van der Waals surface area contributed by atoms with Gasteiger partial charge >= 0.3 is 11.9 Å². The zero-order chi connectivity index (χ0) is 41.1. The molecule has 10 nitrogen and oxygen atoms in total. The number of esters is 2. The van der Waals surface area contributed by atoms with Gasteiger partial charge in [-0.1, -0.05) is 52.0 Å². The van der Waals surface area contributed by atoms with E-state index in [4.69, 9.17) is 24.7 Å². The summed E-state index contributed by atoms with van der Waals surface area (Å²) in [6.07, 6.45) is 1.22. The fourth-order valence-corrected chi connectivity index (χ4v) is 6.55. The maximum absolute atomic E-state index is 11.8. The summed E-state index contributed by atoms with van der Waals surface area (Å²) in [5.41, 5.74) is 16.6. The predicted octanol–water partition coefficient (Wildman–Crippen LogP) is 7.61. The van der Waals surface area contributed by atoms with Crippen molar-refractivity contribution in [3.05, 3.63) is 116 Å². The molecule has 0 radical (unpaired) electrons. The lowest BCUT2D eigenvalue weighted by Crippen LogP contribution is -2.49. The van der Waals surface area contributed by atoms with Gasteiger partial charge in [0.25, 0.3) is 0 Å². The van der Waals surface area contributed by atoms with E-state index < -0.39 is 5.97 Å². The van der Waals surface area contributed by atoms with Crippen LogP contribution in [-0.4, -0.2) is 67.2 Å². The predicted molar refractivity (Wildman–Crippen MR) is 220 cm³/mol. The molecule has 5 N–H and O–H groups in total. The average Bonchev–Trinajstić information content (AvgIpc) is 3.12. The molecule has 56 heavy (non-hydrogen) atoms. The second kappa shape index (κ2) is 20.2.